The van der Waals surface area contributed by atoms with Crippen molar-refractivity contribution in [2.75, 3.05) is 5.73 Å². The van der Waals surface area contributed by atoms with Gasteiger partial charge in [-0.1, -0.05) is 11.6 Å². The molecular formula is C9H9ClN4. The van der Waals surface area contributed by atoms with E-state index in [0.717, 1.165) is 5.69 Å². The Morgan fingerprint density at radius 2 is 2.21 bits per heavy atom. The van der Waals surface area contributed by atoms with Crippen LogP contribution in [0, 0.1) is 6.92 Å². The summed E-state index contributed by atoms with van der Waals surface area (Å²) in [5.74, 6) is 0.640. The number of aromatic nitrogens is 3. The minimum absolute atomic E-state index is 0.516. The minimum atomic E-state index is 0.516. The Balaban J connectivity index is 2.52. The van der Waals surface area contributed by atoms with Gasteiger partial charge in [0.05, 0.1) is 22.6 Å². The smallest absolute Gasteiger partial charge is 0.156 e. The second-order valence-electron chi connectivity index (χ2n) is 3.00. The number of nitrogens with two attached hydrogens (primary N) is 1. The van der Waals surface area contributed by atoms with Gasteiger partial charge >= 0.3 is 0 Å². The van der Waals surface area contributed by atoms with Crippen molar-refractivity contribution >= 4 is 17.3 Å². The molecule has 4 nitrogen and oxygen atoms in total. The minimum Gasteiger partial charge on any atom is -0.397 e. The largest absolute Gasteiger partial charge is 0.397 e. The SMILES string of the molecule is Cc1cn(-c2ncc(N)cc2Cl)cn1. The maximum absolute atomic E-state index is 5.98. The van der Waals surface area contributed by atoms with Gasteiger partial charge in [-0.2, -0.15) is 0 Å². The van der Waals surface area contributed by atoms with Crippen molar-refractivity contribution in [1.29, 1.82) is 0 Å². The summed E-state index contributed by atoms with van der Waals surface area (Å²) in [6.45, 7) is 1.90. The van der Waals surface area contributed by atoms with Crippen LogP contribution in [0.3, 0.4) is 0 Å². The van der Waals surface area contributed by atoms with Crippen LogP contribution in [0.5, 0.6) is 0 Å². The molecule has 0 aromatic carbocycles. The zero-order valence-electron chi connectivity index (χ0n) is 7.61. The van der Waals surface area contributed by atoms with Crippen molar-refractivity contribution in [3.8, 4) is 5.82 Å². The fraction of sp³-hybridized carbons (Fsp3) is 0.111. The number of nitrogen functional groups attached to an aromatic ring is 1. The number of rotatable bonds is 1. The number of imidazole rings is 1. The molecule has 0 unspecified atom stereocenters. The number of anilines is 1. The molecule has 2 aromatic rings. The molecular weight excluding hydrogens is 200 g/mol. The fourth-order valence-corrected chi connectivity index (χ4v) is 1.44. The first-order valence-corrected chi connectivity index (χ1v) is 4.46. The fourth-order valence-electron chi connectivity index (χ4n) is 1.17. The highest BCUT2D eigenvalue weighted by Gasteiger charge is 2.04. The second-order valence-corrected chi connectivity index (χ2v) is 3.40. The molecule has 0 saturated heterocycles. The molecule has 2 aromatic heterocycles. The number of pyridine rings is 1. The lowest BCUT2D eigenvalue weighted by Crippen LogP contribution is -1.97. The third-order valence-corrected chi connectivity index (χ3v) is 2.08. The molecule has 14 heavy (non-hydrogen) atoms. The van der Waals surface area contributed by atoms with E-state index >= 15 is 0 Å². The van der Waals surface area contributed by atoms with E-state index in [-0.39, 0.29) is 0 Å². The van der Waals surface area contributed by atoms with Gasteiger partial charge in [0.1, 0.15) is 6.33 Å². The summed E-state index contributed by atoms with van der Waals surface area (Å²) >= 11 is 5.98. The van der Waals surface area contributed by atoms with E-state index in [0.29, 0.717) is 16.5 Å². The van der Waals surface area contributed by atoms with Crippen LogP contribution < -0.4 is 5.73 Å². The van der Waals surface area contributed by atoms with Gasteiger partial charge in [-0.25, -0.2) is 9.97 Å². The zero-order valence-corrected chi connectivity index (χ0v) is 8.36. The van der Waals surface area contributed by atoms with Crippen LogP contribution in [-0.2, 0) is 0 Å². The average molecular weight is 209 g/mol. The van der Waals surface area contributed by atoms with E-state index < -0.39 is 0 Å². The van der Waals surface area contributed by atoms with E-state index in [2.05, 4.69) is 9.97 Å². The van der Waals surface area contributed by atoms with Gasteiger partial charge in [0.25, 0.3) is 0 Å². The van der Waals surface area contributed by atoms with Crippen molar-refractivity contribution in [2.45, 2.75) is 6.92 Å². The Morgan fingerprint density at radius 3 is 2.79 bits per heavy atom. The summed E-state index contributed by atoms with van der Waals surface area (Å²) < 4.78 is 1.76. The molecule has 0 fully saturated rings. The third-order valence-electron chi connectivity index (χ3n) is 1.80. The van der Waals surface area contributed by atoms with E-state index in [1.807, 2.05) is 13.1 Å². The van der Waals surface area contributed by atoms with Gasteiger partial charge in [-0.15, -0.1) is 0 Å². The van der Waals surface area contributed by atoms with Crippen LogP contribution in [0.15, 0.2) is 24.8 Å². The quantitative estimate of drug-likeness (QED) is 0.778. The normalized spacial score (nSPS) is 10.4. The van der Waals surface area contributed by atoms with Crippen molar-refractivity contribution < 1.29 is 0 Å². The topological polar surface area (TPSA) is 56.7 Å². The lowest BCUT2D eigenvalue weighted by molar-refractivity contribution is 0.994. The number of halogens is 1. The van der Waals surface area contributed by atoms with Crippen molar-refractivity contribution in [3.63, 3.8) is 0 Å². The molecule has 0 bridgehead atoms. The van der Waals surface area contributed by atoms with Gasteiger partial charge in [0.2, 0.25) is 0 Å². The molecule has 0 aliphatic heterocycles. The summed E-state index contributed by atoms with van der Waals surface area (Å²) in [6, 6.07) is 1.67. The van der Waals surface area contributed by atoms with Crippen LogP contribution >= 0.6 is 11.6 Å². The molecule has 0 spiro atoms. The molecule has 0 amide bonds. The van der Waals surface area contributed by atoms with Gasteiger partial charge in [0.15, 0.2) is 5.82 Å². The molecule has 72 valence electrons. The molecule has 0 radical (unpaired) electrons. The van der Waals surface area contributed by atoms with E-state index in [4.69, 9.17) is 17.3 Å². The van der Waals surface area contributed by atoms with Crippen LogP contribution in [0.4, 0.5) is 5.69 Å². The highest BCUT2D eigenvalue weighted by Crippen LogP contribution is 2.20. The molecule has 2 N–H and O–H groups in total. The molecule has 2 heterocycles. The van der Waals surface area contributed by atoms with Crippen molar-refractivity contribution in [1.82, 2.24) is 14.5 Å². The lowest BCUT2D eigenvalue weighted by Gasteiger charge is -2.03. The Bertz CT molecular complexity index is 464. The first kappa shape index (κ1) is 9.02. The maximum Gasteiger partial charge on any atom is 0.156 e. The Labute approximate surface area is 86.4 Å². The summed E-state index contributed by atoms with van der Waals surface area (Å²) in [5.41, 5.74) is 7.01. The third kappa shape index (κ3) is 1.56. The molecule has 0 atom stereocenters. The Kier molecular flexibility index (Phi) is 2.13. The van der Waals surface area contributed by atoms with Gasteiger partial charge in [-0.05, 0) is 13.0 Å². The Morgan fingerprint density at radius 1 is 1.43 bits per heavy atom. The number of hydrogen-bond acceptors (Lipinski definition) is 3. The number of nitrogens with zero attached hydrogens (tertiary/aromatic N) is 3. The number of aryl methyl sites for hydroxylation is 1. The average Bonchev–Trinajstić information content (AvgIpc) is 2.51. The monoisotopic (exact) mass is 208 g/mol. The van der Waals surface area contributed by atoms with Gasteiger partial charge < -0.3 is 5.73 Å². The maximum atomic E-state index is 5.98. The van der Waals surface area contributed by atoms with Crippen LogP contribution in [0.2, 0.25) is 5.02 Å². The van der Waals surface area contributed by atoms with Crippen molar-refractivity contribution in [3.05, 3.63) is 35.5 Å². The summed E-state index contributed by atoms with van der Waals surface area (Å²) in [5, 5.41) is 0.516. The molecule has 0 aliphatic rings. The number of hydrogen-bond donors (Lipinski definition) is 1. The van der Waals surface area contributed by atoms with Gasteiger partial charge in [-0.3, -0.25) is 4.57 Å². The van der Waals surface area contributed by atoms with Crippen LogP contribution in [0.1, 0.15) is 5.69 Å². The predicted octanol–water partition coefficient (Wildman–Crippen LogP) is 1.81. The molecule has 2 rings (SSSR count). The highest BCUT2D eigenvalue weighted by atomic mass is 35.5. The van der Waals surface area contributed by atoms with E-state index in [9.17, 15) is 0 Å². The summed E-state index contributed by atoms with van der Waals surface area (Å²) in [6.07, 6.45) is 5.08. The Hall–Kier alpha value is -1.55. The first-order chi connectivity index (χ1) is 6.66. The summed E-state index contributed by atoms with van der Waals surface area (Å²) in [4.78, 5) is 8.22. The highest BCUT2D eigenvalue weighted by molar-refractivity contribution is 6.32. The zero-order chi connectivity index (χ0) is 10.1. The predicted molar refractivity (Wildman–Crippen MR) is 55.5 cm³/mol. The lowest BCUT2D eigenvalue weighted by atomic mass is 10.4. The molecule has 0 aliphatic carbocycles. The van der Waals surface area contributed by atoms with E-state index in [1.165, 1.54) is 0 Å². The van der Waals surface area contributed by atoms with E-state index in [1.54, 1.807) is 23.2 Å². The summed E-state index contributed by atoms with van der Waals surface area (Å²) in [7, 11) is 0. The first-order valence-electron chi connectivity index (χ1n) is 4.09. The van der Waals surface area contributed by atoms with Crippen LogP contribution in [-0.4, -0.2) is 14.5 Å². The standard InChI is InChI=1S/C9H9ClN4/c1-6-4-14(5-13-6)9-8(10)2-7(11)3-12-9/h2-5H,11H2,1H3. The van der Waals surface area contributed by atoms with Crippen molar-refractivity contribution in [2.24, 2.45) is 0 Å². The van der Waals surface area contributed by atoms with Crippen LogP contribution in [0.25, 0.3) is 5.82 Å². The molecule has 5 heteroatoms. The second kappa shape index (κ2) is 3.31. The molecule has 0 saturated carbocycles. The van der Waals surface area contributed by atoms with Gasteiger partial charge in [0, 0.05) is 6.20 Å².